The van der Waals surface area contributed by atoms with Crippen molar-refractivity contribution in [2.24, 2.45) is 9.98 Å². The standard InChI is InChI=1S/C16H32N2/c1-3-5-6-7-8-9-10-11-12-13-14-15-18-16-17-4-2/h3-15H2,1-2H3. The number of nitrogens with zero attached hydrogens (tertiary/aromatic N) is 2. The second-order valence-electron chi connectivity index (χ2n) is 4.99. The third-order valence-corrected chi connectivity index (χ3v) is 3.17. The lowest BCUT2D eigenvalue weighted by molar-refractivity contribution is 0.551. The summed E-state index contributed by atoms with van der Waals surface area (Å²) >= 11 is 0. The van der Waals surface area contributed by atoms with E-state index in [0.29, 0.717) is 0 Å². The number of rotatable bonds is 13. The maximum Gasteiger partial charge on any atom is 0.0892 e. The van der Waals surface area contributed by atoms with Crippen LogP contribution in [-0.4, -0.2) is 19.1 Å². The molecule has 0 saturated carbocycles. The van der Waals surface area contributed by atoms with Gasteiger partial charge in [0.2, 0.25) is 0 Å². The minimum absolute atomic E-state index is 0.793. The van der Waals surface area contributed by atoms with Crippen molar-refractivity contribution >= 4 is 6.01 Å². The number of unbranched alkanes of at least 4 members (excludes halogenated alkanes) is 10. The van der Waals surface area contributed by atoms with Crippen LogP contribution in [0.2, 0.25) is 0 Å². The van der Waals surface area contributed by atoms with Crippen LogP contribution < -0.4 is 0 Å². The van der Waals surface area contributed by atoms with E-state index in [1.807, 2.05) is 6.92 Å². The molecule has 0 aromatic carbocycles. The van der Waals surface area contributed by atoms with Crippen molar-refractivity contribution in [3.8, 4) is 0 Å². The fraction of sp³-hybridized carbons (Fsp3) is 0.938. The minimum atomic E-state index is 0.793. The van der Waals surface area contributed by atoms with Crippen molar-refractivity contribution in [3.05, 3.63) is 0 Å². The van der Waals surface area contributed by atoms with Gasteiger partial charge in [-0.1, -0.05) is 71.1 Å². The first-order valence-electron chi connectivity index (χ1n) is 7.99. The number of hydrogen-bond donors (Lipinski definition) is 0. The van der Waals surface area contributed by atoms with Crippen LogP contribution in [0.1, 0.15) is 84.5 Å². The maximum absolute atomic E-state index is 4.12. The van der Waals surface area contributed by atoms with Crippen LogP contribution in [-0.2, 0) is 0 Å². The Labute approximate surface area is 114 Å². The summed E-state index contributed by atoms with van der Waals surface area (Å²) in [5.41, 5.74) is 0. The van der Waals surface area contributed by atoms with E-state index in [2.05, 4.69) is 22.9 Å². The molecule has 0 fully saturated rings. The first kappa shape index (κ1) is 17.4. The van der Waals surface area contributed by atoms with Crippen LogP contribution in [0.4, 0.5) is 0 Å². The molecule has 0 unspecified atom stereocenters. The van der Waals surface area contributed by atoms with Crippen LogP contribution in [0, 0.1) is 0 Å². The van der Waals surface area contributed by atoms with Crippen molar-refractivity contribution in [2.75, 3.05) is 13.1 Å². The molecule has 0 bridgehead atoms. The van der Waals surface area contributed by atoms with Crippen LogP contribution in [0.3, 0.4) is 0 Å². The highest BCUT2D eigenvalue weighted by atomic mass is 14.8. The fourth-order valence-electron chi connectivity index (χ4n) is 2.03. The van der Waals surface area contributed by atoms with Gasteiger partial charge >= 0.3 is 0 Å². The Morgan fingerprint density at radius 1 is 0.611 bits per heavy atom. The molecule has 0 aliphatic rings. The van der Waals surface area contributed by atoms with Gasteiger partial charge in [-0.15, -0.1) is 0 Å². The summed E-state index contributed by atoms with van der Waals surface area (Å²) in [5, 5.41) is 0. The van der Waals surface area contributed by atoms with E-state index in [4.69, 9.17) is 0 Å². The molecule has 0 saturated heterocycles. The van der Waals surface area contributed by atoms with Crippen LogP contribution in [0.15, 0.2) is 9.98 Å². The van der Waals surface area contributed by atoms with Crippen LogP contribution in [0.25, 0.3) is 0 Å². The molecule has 0 heterocycles. The molecule has 0 aromatic rings. The largest absolute Gasteiger partial charge is 0.226 e. The highest BCUT2D eigenvalue weighted by Crippen LogP contribution is 2.11. The quantitative estimate of drug-likeness (QED) is 0.306. The summed E-state index contributed by atoms with van der Waals surface area (Å²) in [7, 11) is 0. The molecule has 0 aliphatic carbocycles. The van der Waals surface area contributed by atoms with Gasteiger partial charge in [0.25, 0.3) is 0 Å². The smallest absolute Gasteiger partial charge is 0.0892 e. The zero-order chi connectivity index (χ0) is 13.3. The normalized spacial score (nSPS) is 10.1. The molecule has 0 spiro atoms. The Balaban J connectivity index is 3.01. The van der Waals surface area contributed by atoms with E-state index in [1.54, 1.807) is 0 Å². The van der Waals surface area contributed by atoms with Gasteiger partial charge in [-0.25, -0.2) is 9.98 Å². The zero-order valence-corrected chi connectivity index (χ0v) is 12.6. The van der Waals surface area contributed by atoms with Crippen LogP contribution >= 0.6 is 0 Å². The topological polar surface area (TPSA) is 24.7 Å². The third kappa shape index (κ3) is 15.4. The summed E-state index contributed by atoms with van der Waals surface area (Å²) in [4.78, 5) is 8.06. The average molecular weight is 252 g/mol. The second-order valence-corrected chi connectivity index (χ2v) is 4.99. The Hall–Kier alpha value is -0.620. The lowest BCUT2D eigenvalue weighted by Crippen LogP contribution is -1.84. The van der Waals surface area contributed by atoms with Gasteiger partial charge in [0.15, 0.2) is 0 Å². The van der Waals surface area contributed by atoms with Gasteiger partial charge in [-0.3, -0.25) is 0 Å². The average Bonchev–Trinajstić information content (AvgIpc) is 2.39. The molecular formula is C16H32N2. The molecule has 0 amide bonds. The van der Waals surface area contributed by atoms with Crippen molar-refractivity contribution in [1.82, 2.24) is 0 Å². The van der Waals surface area contributed by atoms with E-state index in [0.717, 1.165) is 13.1 Å². The minimum Gasteiger partial charge on any atom is -0.226 e. The molecule has 2 nitrogen and oxygen atoms in total. The monoisotopic (exact) mass is 252 g/mol. The van der Waals surface area contributed by atoms with Gasteiger partial charge in [0, 0.05) is 13.1 Å². The first-order chi connectivity index (χ1) is 8.91. The summed E-state index contributed by atoms with van der Waals surface area (Å²) in [6.07, 6.45) is 15.2. The van der Waals surface area contributed by atoms with Gasteiger partial charge < -0.3 is 0 Å². The van der Waals surface area contributed by atoms with E-state index in [-0.39, 0.29) is 0 Å². The first-order valence-corrected chi connectivity index (χ1v) is 7.99. The predicted molar refractivity (Wildman–Crippen MR) is 81.7 cm³/mol. The molecule has 0 N–H and O–H groups in total. The Morgan fingerprint density at radius 3 is 1.61 bits per heavy atom. The van der Waals surface area contributed by atoms with Crippen molar-refractivity contribution in [1.29, 1.82) is 0 Å². The molecule has 0 rings (SSSR count). The van der Waals surface area contributed by atoms with Crippen molar-refractivity contribution in [2.45, 2.75) is 84.5 Å². The highest BCUT2D eigenvalue weighted by Gasteiger charge is 1.92. The summed E-state index contributed by atoms with van der Waals surface area (Å²) in [6.45, 7) is 5.98. The van der Waals surface area contributed by atoms with Crippen molar-refractivity contribution < 1.29 is 0 Å². The van der Waals surface area contributed by atoms with E-state index < -0.39 is 0 Å². The number of aliphatic imine (C=N–C) groups is 2. The van der Waals surface area contributed by atoms with E-state index >= 15 is 0 Å². The Morgan fingerprint density at radius 2 is 1.11 bits per heavy atom. The maximum atomic E-state index is 4.12. The molecule has 18 heavy (non-hydrogen) atoms. The van der Waals surface area contributed by atoms with Crippen molar-refractivity contribution in [3.63, 3.8) is 0 Å². The lowest BCUT2D eigenvalue weighted by atomic mass is 10.1. The molecule has 2 heteroatoms. The molecular weight excluding hydrogens is 220 g/mol. The van der Waals surface area contributed by atoms with E-state index in [1.165, 1.54) is 70.6 Å². The Kier molecular flexibility index (Phi) is 15.8. The SMILES string of the molecule is CCCCCCCCCCCCCN=C=NCC. The van der Waals surface area contributed by atoms with Crippen LogP contribution in [0.5, 0.6) is 0 Å². The molecule has 106 valence electrons. The van der Waals surface area contributed by atoms with Gasteiger partial charge in [-0.05, 0) is 13.3 Å². The lowest BCUT2D eigenvalue weighted by Gasteiger charge is -2.01. The summed E-state index contributed by atoms with van der Waals surface area (Å²) < 4.78 is 0. The second kappa shape index (κ2) is 16.4. The number of hydrogen-bond acceptors (Lipinski definition) is 2. The zero-order valence-electron chi connectivity index (χ0n) is 12.6. The summed E-state index contributed by atoms with van der Waals surface area (Å²) in [6, 6.07) is 2.72. The Bertz CT molecular complexity index is 205. The molecule has 0 radical (unpaired) electrons. The fourth-order valence-corrected chi connectivity index (χ4v) is 2.03. The predicted octanol–water partition coefficient (Wildman–Crippen LogP) is 5.49. The molecule has 0 atom stereocenters. The van der Waals surface area contributed by atoms with E-state index in [9.17, 15) is 0 Å². The molecule has 0 aromatic heterocycles. The molecule has 0 aliphatic heterocycles. The van der Waals surface area contributed by atoms with Gasteiger partial charge in [0.05, 0.1) is 6.01 Å². The highest BCUT2D eigenvalue weighted by molar-refractivity contribution is 5.40. The van der Waals surface area contributed by atoms with Gasteiger partial charge in [0.1, 0.15) is 0 Å². The third-order valence-electron chi connectivity index (χ3n) is 3.17. The summed E-state index contributed by atoms with van der Waals surface area (Å²) in [5.74, 6) is 0. The van der Waals surface area contributed by atoms with Gasteiger partial charge in [-0.2, -0.15) is 0 Å².